The van der Waals surface area contributed by atoms with Crippen molar-refractivity contribution in [1.29, 1.82) is 0 Å². The summed E-state index contributed by atoms with van der Waals surface area (Å²) in [5.41, 5.74) is 1.93. The highest BCUT2D eigenvalue weighted by Gasteiger charge is 2.28. The predicted molar refractivity (Wildman–Crippen MR) is 149 cm³/mol. The van der Waals surface area contributed by atoms with E-state index in [0.717, 1.165) is 21.9 Å². The smallest absolute Gasteiger partial charge is 0.337 e. The molecule has 2 atom stereocenters. The van der Waals surface area contributed by atoms with Gasteiger partial charge in [0.1, 0.15) is 5.60 Å². The molecule has 2 N–H and O–H groups in total. The van der Waals surface area contributed by atoms with E-state index in [4.69, 9.17) is 4.74 Å². The third-order valence-corrected chi connectivity index (χ3v) is 6.00. The fourth-order valence-electron chi connectivity index (χ4n) is 4.21. The number of fused-ring (bicyclic) bond motifs is 1. The van der Waals surface area contributed by atoms with E-state index in [9.17, 15) is 24.6 Å². The second-order valence-corrected chi connectivity index (χ2v) is 11.1. The first kappa shape index (κ1) is 29.6. The van der Waals surface area contributed by atoms with E-state index in [1.807, 2.05) is 56.3 Å². The van der Waals surface area contributed by atoms with Crippen molar-refractivity contribution in [2.45, 2.75) is 58.8 Å². The summed E-state index contributed by atoms with van der Waals surface area (Å²) in [6.45, 7) is 8.63. The van der Waals surface area contributed by atoms with Gasteiger partial charge in [0.05, 0.1) is 18.6 Å². The highest BCUT2D eigenvalue weighted by atomic mass is 16.6. The first-order chi connectivity index (χ1) is 18.3. The Morgan fingerprint density at radius 3 is 2.13 bits per heavy atom. The van der Waals surface area contributed by atoms with Gasteiger partial charge in [-0.05, 0) is 66.6 Å². The first-order valence-electron chi connectivity index (χ1n) is 13.1. The number of carbonyl (C=O) groups is 3. The molecule has 8 heteroatoms. The Morgan fingerprint density at radius 2 is 1.54 bits per heavy atom. The number of aliphatic carboxylic acids is 1. The summed E-state index contributed by atoms with van der Waals surface area (Å²) < 4.78 is 5.19. The van der Waals surface area contributed by atoms with Gasteiger partial charge in [-0.3, -0.25) is 0 Å². The van der Waals surface area contributed by atoms with Crippen LogP contribution in [0.15, 0.2) is 66.7 Å². The lowest BCUT2D eigenvalue weighted by atomic mass is 9.98. The normalized spacial score (nSPS) is 13.1. The number of nitrogens with zero attached hydrogens (tertiary/aromatic N) is 1. The van der Waals surface area contributed by atoms with Crippen LogP contribution in [0.1, 0.15) is 40.2 Å². The molecule has 0 saturated heterocycles. The number of carbonyl (C=O) groups excluding carboxylic acids is 3. The molecular formula is C31H37N2O6-. The maximum Gasteiger partial charge on any atom is 0.337 e. The van der Waals surface area contributed by atoms with Crippen molar-refractivity contribution >= 4 is 28.7 Å². The van der Waals surface area contributed by atoms with Crippen molar-refractivity contribution in [1.82, 2.24) is 10.2 Å². The van der Waals surface area contributed by atoms with E-state index < -0.39 is 35.7 Å². The molecule has 208 valence electrons. The molecule has 1 unspecified atom stereocenters. The van der Waals surface area contributed by atoms with Crippen molar-refractivity contribution in [3.05, 3.63) is 72.3 Å². The third-order valence-electron chi connectivity index (χ3n) is 6.00. The van der Waals surface area contributed by atoms with Crippen LogP contribution in [0.5, 0.6) is 0 Å². The lowest BCUT2D eigenvalue weighted by Gasteiger charge is -2.30. The number of aliphatic hydroxyl groups is 1. The van der Waals surface area contributed by atoms with E-state index in [-0.39, 0.29) is 25.4 Å². The number of carboxylic acid groups (broad SMARTS) is 1. The van der Waals surface area contributed by atoms with Gasteiger partial charge in [-0.25, -0.2) is 9.59 Å². The molecule has 0 radical (unpaired) electrons. The number of amides is 2. The molecule has 0 aliphatic carbocycles. The molecule has 0 aliphatic rings. The highest BCUT2D eigenvalue weighted by Crippen LogP contribution is 2.25. The number of benzene rings is 3. The van der Waals surface area contributed by atoms with Crippen molar-refractivity contribution in [3.8, 4) is 11.1 Å². The molecule has 0 saturated carbocycles. The highest BCUT2D eigenvalue weighted by molar-refractivity contribution is 5.87. The second kappa shape index (κ2) is 12.8. The summed E-state index contributed by atoms with van der Waals surface area (Å²) in [6, 6.07) is 19.7. The summed E-state index contributed by atoms with van der Waals surface area (Å²) in [5.74, 6) is -2.28. The molecule has 0 aromatic heterocycles. The van der Waals surface area contributed by atoms with Gasteiger partial charge in [0.25, 0.3) is 0 Å². The van der Waals surface area contributed by atoms with Crippen LogP contribution in [0, 0.1) is 5.92 Å². The van der Waals surface area contributed by atoms with Gasteiger partial charge in [0.2, 0.25) is 0 Å². The average molecular weight is 534 g/mol. The molecule has 2 amide bonds. The first-order valence-corrected chi connectivity index (χ1v) is 13.1. The summed E-state index contributed by atoms with van der Waals surface area (Å²) >= 11 is 0. The van der Waals surface area contributed by atoms with Gasteiger partial charge in [0, 0.05) is 6.54 Å². The van der Waals surface area contributed by atoms with Crippen LogP contribution >= 0.6 is 0 Å². The van der Waals surface area contributed by atoms with Crippen LogP contribution in [0.25, 0.3) is 21.9 Å². The van der Waals surface area contributed by atoms with Gasteiger partial charge in [-0.2, -0.15) is 0 Å². The van der Waals surface area contributed by atoms with Crippen LogP contribution in [0.4, 0.5) is 4.79 Å². The van der Waals surface area contributed by atoms with Gasteiger partial charge in [-0.15, -0.1) is 0 Å². The van der Waals surface area contributed by atoms with E-state index in [1.54, 1.807) is 20.8 Å². The molecule has 0 fully saturated rings. The van der Waals surface area contributed by atoms with Gasteiger partial charge in [0.15, 0.2) is 6.10 Å². The topological polar surface area (TPSA) is 119 Å². The zero-order valence-corrected chi connectivity index (χ0v) is 23.1. The number of hydrogen-bond acceptors (Lipinski definition) is 6. The number of hydrogen-bond donors (Lipinski definition) is 2. The number of esters is 1. The molecule has 0 spiro atoms. The van der Waals surface area contributed by atoms with Gasteiger partial charge in [-0.1, -0.05) is 74.5 Å². The van der Waals surface area contributed by atoms with E-state index >= 15 is 0 Å². The minimum absolute atomic E-state index is 0.00522. The SMILES string of the molecule is CC(C)CN(CC(O)C(=O)OC(C)(C)C)C(=O)N[C@@H](Cc1ccc(-c2ccc3ccccc3c2)cc1)C(=O)[O-]. The largest absolute Gasteiger partial charge is 0.548 e. The Hall–Kier alpha value is -3.91. The number of urea groups is 1. The lowest BCUT2D eigenvalue weighted by Crippen LogP contribution is -2.55. The van der Waals surface area contributed by atoms with Crippen molar-refractivity contribution in [2.75, 3.05) is 13.1 Å². The van der Waals surface area contributed by atoms with E-state index in [2.05, 4.69) is 29.6 Å². The maximum absolute atomic E-state index is 13.0. The predicted octanol–water partition coefficient (Wildman–Crippen LogP) is 3.54. The molecule has 8 nitrogen and oxygen atoms in total. The average Bonchev–Trinajstić information content (AvgIpc) is 2.86. The van der Waals surface area contributed by atoms with Crippen LogP contribution < -0.4 is 10.4 Å². The summed E-state index contributed by atoms with van der Waals surface area (Å²) in [6.07, 6.45) is -1.56. The van der Waals surface area contributed by atoms with Gasteiger partial charge >= 0.3 is 12.0 Å². The minimum Gasteiger partial charge on any atom is -0.548 e. The monoisotopic (exact) mass is 533 g/mol. The number of ether oxygens (including phenoxy) is 1. The number of carboxylic acids is 1. The van der Waals surface area contributed by atoms with Crippen molar-refractivity contribution in [3.63, 3.8) is 0 Å². The molecular weight excluding hydrogens is 496 g/mol. The van der Waals surface area contributed by atoms with Crippen LogP contribution in [0.2, 0.25) is 0 Å². The number of nitrogens with one attached hydrogen (secondary N) is 1. The molecule has 3 aromatic carbocycles. The standard InChI is InChI=1S/C31H38N2O6/c1-20(2)18-33(19-27(34)29(37)39-31(3,4)5)30(38)32-26(28(35)36)16-21-10-12-23(13-11-21)25-15-14-22-8-6-7-9-24(22)17-25/h6-15,17,20,26-27,34H,16,18-19H2,1-5H3,(H,32,38)(H,35,36)/p-1/t26-,27?/m0/s1. The zero-order valence-electron chi connectivity index (χ0n) is 23.1. The van der Waals surface area contributed by atoms with E-state index in [1.165, 1.54) is 4.90 Å². The molecule has 0 bridgehead atoms. The van der Waals surface area contributed by atoms with Crippen LogP contribution in [-0.2, 0) is 20.7 Å². The Kier molecular flexibility index (Phi) is 9.70. The number of aliphatic hydroxyl groups excluding tert-OH is 1. The summed E-state index contributed by atoms with van der Waals surface area (Å²) in [4.78, 5) is 38.4. The third kappa shape index (κ3) is 8.82. The Balaban J connectivity index is 1.69. The Morgan fingerprint density at radius 1 is 0.923 bits per heavy atom. The number of rotatable bonds is 10. The Bertz CT molecular complexity index is 1300. The maximum atomic E-state index is 13.0. The lowest BCUT2D eigenvalue weighted by molar-refractivity contribution is -0.308. The van der Waals surface area contributed by atoms with Crippen molar-refractivity contribution in [2.24, 2.45) is 5.92 Å². The second-order valence-electron chi connectivity index (χ2n) is 11.1. The molecule has 3 aromatic rings. The molecule has 3 rings (SSSR count). The zero-order chi connectivity index (χ0) is 28.7. The fraction of sp³-hybridized carbons (Fsp3) is 0.387. The van der Waals surface area contributed by atoms with E-state index in [0.29, 0.717) is 5.56 Å². The molecule has 0 heterocycles. The summed E-state index contributed by atoms with van der Waals surface area (Å²) in [5, 5.41) is 27.0. The molecule has 39 heavy (non-hydrogen) atoms. The van der Waals surface area contributed by atoms with Gasteiger partial charge < -0.3 is 30.0 Å². The minimum atomic E-state index is -1.57. The molecule has 0 aliphatic heterocycles. The van der Waals surface area contributed by atoms with Crippen LogP contribution in [0.3, 0.4) is 0 Å². The quantitative estimate of drug-likeness (QED) is 0.385. The Labute approximate surface area is 229 Å². The van der Waals surface area contributed by atoms with Crippen molar-refractivity contribution < 1.29 is 29.3 Å². The van der Waals surface area contributed by atoms with Crippen LogP contribution in [-0.4, -0.2) is 58.8 Å². The summed E-state index contributed by atoms with van der Waals surface area (Å²) in [7, 11) is 0. The fourth-order valence-corrected chi connectivity index (χ4v) is 4.21.